The molecular weight excluding hydrogens is 442 g/mol. The average molecular weight is 472 g/mol. The van der Waals surface area contributed by atoms with E-state index in [0.717, 1.165) is 31.7 Å². The van der Waals surface area contributed by atoms with Crippen LogP contribution in [0.1, 0.15) is 18.5 Å². The first-order valence-corrected chi connectivity index (χ1v) is 11.6. The van der Waals surface area contributed by atoms with Crippen molar-refractivity contribution in [2.75, 3.05) is 51.0 Å². The summed E-state index contributed by atoms with van der Waals surface area (Å²) in [5.41, 5.74) is 10.0. The van der Waals surface area contributed by atoms with Crippen LogP contribution in [0.25, 0.3) is 22.4 Å². The number of benzene rings is 2. The Morgan fingerprint density at radius 3 is 2.34 bits per heavy atom. The number of fused-ring (bicyclic) bond motifs is 1. The highest BCUT2D eigenvalue weighted by atomic mass is 16.5. The van der Waals surface area contributed by atoms with Crippen molar-refractivity contribution in [3.8, 4) is 22.8 Å². The van der Waals surface area contributed by atoms with E-state index in [0.29, 0.717) is 40.2 Å². The van der Waals surface area contributed by atoms with Gasteiger partial charge in [-0.25, -0.2) is 9.97 Å². The predicted octanol–water partition coefficient (Wildman–Crippen LogP) is 3.57. The first-order chi connectivity index (χ1) is 17.1. The van der Waals surface area contributed by atoms with Gasteiger partial charge >= 0.3 is 0 Å². The largest absolute Gasteiger partial charge is 0.493 e. The van der Waals surface area contributed by atoms with E-state index in [-0.39, 0.29) is 5.95 Å². The normalized spacial score (nSPS) is 15.2. The number of hydrogen-bond acceptors (Lipinski definition) is 9. The van der Waals surface area contributed by atoms with Gasteiger partial charge in [0.15, 0.2) is 28.5 Å². The fourth-order valence-corrected chi connectivity index (χ4v) is 4.53. The van der Waals surface area contributed by atoms with Gasteiger partial charge in [-0.3, -0.25) is 4.90 Å². The molecule has 1 saturated heterocycles. The lowest BCUT2D eigenvalue weighted by molar-refractivity contribution is 0.198. The molecule has 9 nitrogen and oxygen atoms in total. The number of anilines is 2. The highest BCUT2D eigenvalue weighted by molar-refractivity contribution is 5.86. The molecule has 2 aromatic heterocycles. The number of ether oxygens (including phenoxy) is 2. The molecule has 2 aromatic carbocycles. The Balaban J connectivity index is 1.43. The quantitative estimate of drug-likeness (QED) is 0.452. The Labute approximate surface area is 204 Å². The minimum Gasteiger partial charge on any atom is -0.493 e. The topological polar surface area (TPSA) is 103 Å². The van der Waals surface area contributed by atoms with Crippen LogP contribution in [-0.4, -0.2) is 65.2 Å². The third-order valence-electron chi connectivity index (χ3n) is 6.53. The van der Waals surface area contributed by atoms with Crippen molar-refractivity contribution in [3.63, 3.8) is 0 Å². The van der Waals surface area contributed by atoms with E-state index >= 15 is 0 Å². The Kier molecular flexibility index (Phi) is 6.33. The molecule has 1 aliphatic rings. The molecule has 5 rings (SSSR count). The maximum Gasteiger partial charge on any atom is 0.224 e. The number of nitrogens with zero attached hydrogens (tertiary/aromatic N) is 6. The minimum absolute atomic E-state index is 0.195. The summed E-state index contributed by atoms with van der Waals surface area (Å²) in [4.78, 5) is 23.1. The zero-order valence-corrected chi connectivity index (χ0v) is 20.2. The molecule has 0 amide bonds. The Bertz CT molecular complexity index is 1320. The van der Waals surface area contributed by atoms with Gasteiger partial charge in [0.1, 0.15) is 0 Å². The van der Waals surface area contributed by atoms with Gasteiger partial charge in [-0.05, 0) is 30.7 Å². The van der Waals surface area contributed by atoms with E-state index in [1.807, 2.05) is 18.2 Å². The van der Waals surface area contributed by atoms with E-state index in [4.69, 9.17) is 20.2 Å². The SMILES string of the molecule is COc1ccc(-c2cnc3nc(N)nc(N4CCN(C(C)c5ccccc5)CC4)c3n2)cc1OC. The lowest BCUT2D eigenvalue weighted by Crippen LogP contribution is -2.47. The van der Waals surface area contributed by atoms with Crippen LogP contribution in [0.3, 0.4) is 0 Å². The van der Waals surface area contributed by atoms with E-state index < -0.39 is 0 Å². The number of nitrogens with two attached hydrogens (primary N) is 1. The smallest absolute Gasteiger partial charge is 0.224 e. The van der Waals surface area contributed by atoms with Crippen LogP contribution in [-0.2, 0) is 0 Å². The first kappa shape index (κ1) is 22.8. The van der Waals surface area contributed by atoms with Gasteiger partial charge in [0.05, 0.1) is 26.1 Å². The Morgan fingerprint density at radius 2 is 1.63 bits per heavy atom. The van der Waals surface area contributed by atoms with E-state index in [1.54, 1.807) is 20.4 Å². The monoisotopic (exact) mass is 471 g/mol. The summed E-state index contributed by atoms with van der Waals surface area (Å²) in [7, 11) is 3.22. The number of methoxy groups -OCH3 is 2. The standard InChI is InChI=1S/C26H29N7O2/c1-17(18-7-5-4-6-8-18)32-11-13-33(14-12-32)25-23-24(30-26(27)31-25)28-16-20(29-23)19-9-10-21(34-2)22(15-19)35-3/h4-10,15-17H,11-14H2,1-3H3,(H2,27,28,30,31). The lowest BCUT2D eigenvalue weighted by atomic mass is 10.1. The predicted molar refractivity (Wildman–Crippen MR) is 137 cm³/mol. The van der Waals surface area contributed by atoms with Gasteiger partial charge in [0, 0.05) is 37.8 Å². The van der Waals surface area contributed by atoms with Gasteiger partial charge in [-0.1, -0.05) is 30.3 Å². The maximum atomic E-state index is 6.04. The summed E-state index contributed by atoms with van der Waals surface area (Å²) < 4.78 is 10.8. The molecule has 3 heterocycles. The molecule has 0 bridgehead atoms. The second-order valence-electron chi connectivity index (χ2n) is 8.51. The van der Waals surface area contributed by atoms with Crippen molar-refractivity contribution in [3.05, 3.63) is 60.3 Å². The fourth-order valence-electron chi connectivity index (χ4n) is 4.53. The third-order valence-corrected chi connectivity index (χ3v) is 6.53. The summed E-state index contributed by atoms with van der Waals surface area (Å²) in [6.45, 7) is 5.69. The molecule has 180 valence electrons. The third kappa shape index (κ3) is 4.54. The van der Waals surface area contributed by atoms with E-state index in [1.165, 1.54) is 5.56 Å². The van der Waals surface area contributed by atoms with Crippen molar-refractivity contribution >= 4 is 22.9 Å². The highest BCUT2D eigenvalue weighted by Gasteiger charge is 2.25. The maximum absolute atomic E-state index is 6.04. The van der Waals surface area contributed by atoms with Crippen LogP contribution in [0.4, 0.5) is 11.8 Å². The average Bonchev–Trinajstić information content (AvgIpc) is 2.92. The molecule has 0 spiro atoms. The minimum atomic E-state index is 0.195. The molecule has 1 fully saturated rings. The summed E-state index contributed by atoms with van der Waals surface area (Å²) in [6, 6.07) is 16.6. The van der Waals surface area contributed by atoms with Gasteiger partial charge in [-0.2, -0.15) is 9.97 Å². The molecule has 0 aliphatic carbocycles. The van der Waals surface area contributed by atoms with Gasteiger partial charge in [-0.15, -0.1) is 0 Å². The van der Waals surface area contributed by atoms with Crippen molar-refractivity contribution in [1.82, 2.24) is 24.8 Å². The number of nitrogen functional groups attached to an aromatic ring is 1. The van der Waals surface area contributed by atoms with Crippen LogP contribution < -0.4 is 20.1 Å². The van der Waals surface area contributed by atoms with E-state index in [2.05, 4.69) is 62.0 Å². The van der Waals surface area contributed by atoms with Gasteiger partial charge in [0.25, 0.3) is 0 Å². The second-order valence-corrected chi connectivity index (χ2v) is 8.51. The van der Waals surface area contributed by atoms with Crippen LogP contribution in [0.2, 0.25) is 0 Å². The number of rotatable bonds is 6. The second kappa shape index (κ2) is 9.71. The zero-order valence-electron chi connectivity index (χ0n) is 20.2. The molecule has 4 aromatic rings. The van der Waals surface area contributed by atoms with Crippen molar-refractivity contribution in [1.29, 1.82) is 0 Å². The van der Waals surface area contributed by atoms with Crippen LogP contribution in [0, 0.1) is 0 Å². The summed E-state index contributed by atoms with van der Waals surface area (Å²) in [6.07, 6.45) is 1.69. The molecule has 1 atom stereocenters. The van der Waals surface area contributed by atoms with Crippen molar-refractivity contribution in [2.45, 2.75) is 13.0 Å². The Morgan fingerprint density at radius 1 is 0.886 bits per heavy atom. The molecule has 9 heteroatoms. The molecule has 1 unspecified atom stereocenters. The summed E-state index contributed by atoms with van der Waals surface area (Å²) in [5.74, 6) is 2.20. The summed E-state index contributed by atoms with van der Waals surface area (Å²) >= 11 is 0. The number of hydrogen-bond donors (Lipinski definition) is 1. The highest BCUT2D eigenvalue weighted by Crippen LogP contribution is 2.33. The van der Waals surface area contributed by atoms with Gasteiger partial charge in [0.2, 0.25) is 5.95 Å². The lowest BCUT2D eigenvalue weighted by Gasteiger charge is -2.38. The number of piperazine rings is 1. The first-order valence-electron chi connectivity index (χ1n) is 11.6. The van der Waals surface area contributed by atoms with Crippen LogP contribution >= 0.6 is 0 Å². The zero-order chi connectivity index (χ0) is 24.4. The van der Waals surface area contributed by atoms with Crippen molar-refractivity contribution in [2.24, 2.45) is 0 Å². The molecule has 2 N–H and O–H groups in total. The van der Waals surface area contributed by atoms with Crippen molar-refractivity contribution < 1.29 is 9.47 Å². The Hall–Kier alpha value is -3.98. The molecule has 0 radical (unpaired) electrons. The molecule has 35 heavy (non-hydrogen) atoms. The van der Waals surface area contributed by atoms with E-state index in [9.17, 15) is 0 Å². The number of aromatic nitrogens is 4. The summed E-state index contributed by atoms with van der Waals surface area (Å²) in [5, 5.41) is 0. The molecular formula is C26H29N7O2. The van der Waals surface area contributed by atoms with Crippen LogP contribution in [0.15, 0.2) is 54.7 Å². The van der Waals surface area contributed by atoms with Gasteiger partial charge < -0.3 is 20.1 Å². The molecule has 1 aliphatic heterocycles. The van der Waals surface area contributed by atoms with Crippen LogP contribution in [0.5, 0.6) is 11.5 Å². The molecule has 0 saturated carbocycles. The fraction of sp³-hybridized carbons (Fsp3) is 0.308.